The molecule has 2 rings (SSSR count). The Morgan fingerprint density at radius 1 is 1.19 bits per heavy atom. The molecule has 2 fully saturated rings. The summed E-state index contributed by atoms with van der Waals surface area (Å²) in [6, 6.07) is 0. The van der Waals surface area contributed by atoms with Gasteiger partial charge in [0.1, 0.15) is 0 Å². The minimum Gasteiger partial charge on any atom is -0.466 e. The van der Waals surface area contributed by atoms with Crippen LogP contribution in [0.25, 0.3) is 0 Å². The van der Waals surface area contributed by atoms with Crippen LogP contribution in [-0.4, -0.2) is 37.1 Å². The first-order chi connectivity index (χ1) is 7.78. The highest BCUT2D eigenvalue weighted by Gasteiger charge is 2.29. The lowest BCUT2D eigenvalue weighted by atomic mass is 10.3. The van der Waals surface area contributed by atoms with Crippen LogP contribution < -0.4 is 0 Å². The highest BCUT2D eigenvalue weighted by atomic mass is 16.5. The first-order valence-corrected chi connectivity index (χ1v) is 6.66. The molecular formula is C13H23NO2. The molecular weight excluding hydrogens is 202 g/mol. The van der Waals surface area contributed by atoms with Crippen molar-refractivity contribution in [1.29, 1.82) is 0 Å². The van der Waals surface area contributed by atoms with E-state index in [1.807, 2.05) is 6.92 Å². The van der Waals surface area contributed by atoms with E-state index in [0.29, 0.717) is 13.0 Å². The number of rotatable bonds is 8. The zero-order valence-electron chi connectivity index (χ0n) is 10.3. The molecule has 0 aromatic carbocycles. The van der Waals surface area contributed by atoms with Gasteiger partial charge in [0, 0.05) is 19.6 Å². The van der Waals surface area contributed by atoms with Gasteiger partial charge in [-0.2, -0.15) is 0 Å². The number of hydrogen-bond acceptors (Lipinski definition) is 3. The van der Waals surface area contributed by atoms with Crippen LogP contribution in [0.4, 0.5) is 0 Å². The molecule has 0 saturated heterocycles. The molecule has 0 radical (unpaired) electrons. The quantitative estimate of drug-likeness (QED) is 0.592. The third-order valence-electron chi connectivity index (χ3n) is 3.36. The highest BCUT2D eigenvalue weighted by Crippen LogP contribution is 2.33. The van der Waals surface area contributed by atoms with Gasteiger partial charge in [-0.25, -0.2) is 0 Å². The molecule has 2 aliphatic carbocycles. The Morgan fingerprint density at radius 2 is 1.75 bits per heavy atom. The predicted octanol–water partition coefficient (Wildman–Crippen LogP) is 2.06. The average molecular weight is 225 g/mol. The number of carbonyl (C=O) groups excluding carboxylic acids is 1. The maximum absolute atomic E-state index is 11.3. The van der Waals surface area contributed by atoms with Crippen LogP contribution in [0.1, 0.15) is 39.0 Å². The van der Waals surface area contributed by atoms with Gasteiger partial charge < -0.3 is 9.64 Å². The lowest BCUT2D eigenvalue weighted by Gasteiger charge is -2.21. The fraction of sp³-hybridized carbons (Fsp3) is 0.923. The standard InChI is InChI=1S/C13H23NO2/c1-2-16-13(15)7-8-14(9-11-3-4-11)10-12-5-6-12/h11-12H,2-10H2,1H3. The highest BCUT2D eigenvalue weighted by molar-refractivity contribution is 5.69. The van der Waals surface area contributed by atoms with E-state index >= 15 is 0 Å². The lowest BCUT2D eigenvalue weighted by Crippen LogP contribution is -2.31. The molecule has 3 nitrogen and oxygen atoms in total. The summed E-state index contributed by atoms with van der Waals surface area (Å²) in [5, 5.41) is 0. The van der Waals surface area contributed by atoms with Crippen LogP contribution >= 0.6 is 0 Å². The first-order valence-electron chi connectivity index (χ1n) is 6.66. The van der Waals surface area contributed by atoms with Gasteiger partial charge in [0.05, 0.1) is 13.0 Å². The largest absolute Gasteiger partial charge is 0.466 e. The second kappa shape index (κ2) is 5.67. The smallest absolute Gasteiger partial charge is 0.307 e. The molecule has 0 heterocycles. The van der Waals surface area contributed by atoms with Crippen molar-refractivity contribution in [2.75, 3.05) is 26.2 Å². The first kappa shape index (κ1) is 11.9. The minimum atomic E-state index is -0.0425. The number of nitrogens with zero attached hydrogens (tertiary/aromatic N) is 1. The third-order valence-corrected chi connectivity index (χ3v) is 3.36. The SMILES string of the molecule is CCOC(=O)CCN(CC1CC1)CC1CC1. The molecule has 0 aromatic rings. The molecule has 0 aromatic heterocycles. The van der Waals surface area contributed by atoms with E-state index < -0.39 is 0 Å². The molecule has 0 N–H and O–H groups in total. The van der Waals surface area contributed by atoms with Crippen LogP contribution in [-0.2, 0) is 9.53 Å². The Kier molecular flexibility index (Phi) is 4.22. The number of carbonyl (C=O) groups is 1. The maximum Gasteiger partial charge on any atom is 0.307 e. The Labute approximate surface area is 98.1 Å². The zero-order valence-corrected chi connectivity index (χ0v) is 10.3. The normalized spacial score (nSPS) is 20.1. The molecule has 0 atom stereocenters. The number of esters is 1. The van der Waals surface area contributed by atoms with Crippen LogP contribution in [0.2, 0.25) is 0 Å². The summed E-state index contributed by atoms with van der Waals surface area (Å²) in [6.45, 7) is 5.67. The van der Waals surface area contributed by atoms with Crippen LogP contribution in [0, 0.1) is 11.8 Å². The minimum absolute atomic E-state index is 0.0425. The van der Waals surface area contributed by atoms with E-state index in [9.17, 15) is 4.79 Å². The maximum atomic E-state index is 11.3. The van der Waals surface area contributed by atoms with Gasteiger partial charge in [0.15, 0.2) is 0 Å². The van der Waals surface area contributed by atoms with Gasteiger partial charge in [-0.1, -0.05) is 0 Å². The van der Waals surface area contributed by atoms with Crippen molar-refractivity contribution < 1.29 is 9.53 Å². The van der Waals surface area contributed by atoms with Gasteiger partial charge in [0.25, 0.3) is 0 Å². The summed E-state index contributed by atoms with van der Waals surface area (Å²) < 4.78 is 4.97. The van der Waals surface area contributed by atoms with Gasteiger partial charge in [-0.15, -0.1) is 0 Å². The molecule has 0 bridgehead atoms. The van der Waals surface area contributed by atoms with Crippen LogP contribution in [0.3, 0.4) is 0 Å². The summed E-state index contributed by atoms with van der Waals surface area (Å²) in [6.07, 6.45) is 6.12. The van der Waals surface area contributed by atoms with E-state index in [2.05, 4.69) is 4.90 Å². The van der Waals surface area contributed by atoms with Gasteiger partial charge in [0.2, 0.25) is 0 Å². The molecule has 2 saturated carbocycles. The van der Waals surface area contributed by atoms with Crippen molar-refractivity contribution in [3.05, 3.63) is 0 Å². The number of hydrogen-bond donors (Lipinski definition) is 0. The van der Waals surface area contributed by atoms with Gasteiger partial charge in [-0.3, -0.25) is 4.79 Å². The lowest BCUT2D eigenvalue weighted by molar-refractivity contribution is -0.143. The molecule has 16 heavy (non-hydrogen) atoms. The van der Waals surface area contributed by atoms with E-state index in [1.54, 1.807) is 0 Å². The van der Waals surface area contributed by atoms with Crippen LogP contribution in [0.15, 0.2) is 0 Å². The topological polar surface area (TPSA) is 29.5 Å². The second-order valence-corrected chi connectivity index (χ2v) is 5.20. The summed E-state index contributed by atoms with van der Waals surface area (Å²) in [7, 11) is 0. The van der Waals surface area contributed by atoms with Crippen molar-refractivity contribution in [2.24, 2.45) is 11.8 Å². The van der Waals surface area contributed by atoms with Gasteiger partial charge in [-0.05, 0) is 44.4 Å². The summed E-state index contributed by atoms with van der Waals surface area (Å²) in [5.74, 6) is 1.79. The Balaban J connectivity index is 1.65. The average Bonchev–Trinajstić information content (AvgIpc) is 3.09. The molecule has 0 amide bonds. The monoisotopic (exact) mass is 225 g/mol. The van der Waals surface area contributed by atoms with Crippen molar-refractivity contribution in [3.63, 3.8) is 0 Å². The Morgan fingerprint density at radius 3 is 2.19 bits per heavy atom. The van der Waals surface area contributed by atoms with Crippen molar-refractivity contribution in [3.8, 4) is 0 Å². The molecule has 3 heteroatoms. The van der Waals surface area contributed by atoms with Crippen LogP contribution in [0.5, 0.6) is 0 Å². The molecule has 92 valence electrons. The van der Waals surface area contributed by atoms with E-state index in [-0.39, 0.29) is 5.97 Å². The van der Waals surface area contributed by atoms with Crippen molar-refractivity contribution >= 4 is 5.97 Å². The summed E-state index contributed by atoms with van der Waals surface area (Å²) >= 11 is 0. The Hall–Kier alpha value is -0.570. The van der Waals surface area contributed by atoms with Gasteiger partial charge >= 0.3 is 5.97 Å². The number of ether oxygens (including phenoxy) is 1. The fourth-order valence-electron chi connectivity index (χ4n) is 2.07. The van der Waals surface area contributed by atoms with Crippen molar-refractivity contribution in [1.82, 2.24) is 4.90 Å². The predicted molar refractivity (Wildman–Crippen MR) is 63.1 cm³/mol. The fourth-order valence-corrected chi connectivity index (χ4v) is 2.07. The molecule has 2 aliphatic rings. The summed E-state index contributed by atoms with van der Waals surface area (Å²) in [4.78, 5) is 13.8. The Bertz CT molecular complexity index is 220. The van der Waals surface area contributed by atoms with E-state index in [0.717, 1.165) is 18.4 Å². The van der Waals surface area contributed by atoms with E-state index in [1.165, 1.54) is 38.8 Å². The van der Waals surface area contributed by atoms with Crippen molar-refractivity contribution in [2.45, 2.75) is 39.0 Å². The second-order valence-electron chi connectivity index (χ2n) is 5.20. The molecule has 0 unspecified atom stereocenters. The molecule has 0 spiro atoms. The zero-order chi connectivity index (χ0) is 11.4. The third kappa shape index (κ3) is 4.52. The summed E-state index contributed by atoms with van der Waals surface area (Å²) in [5.41, 5.74) is 0. The van der Waals surface area contributed by atoms with E-state index in [4.69, 9.17) is 4.74 Å². The molecule has 0 aliphatic heterocycles.